The predicted octanol–water partition coefficient (Wildman–Crippen LogP) is 4.86. The van der Waals surface area contributed by atoms with Crippen LogP contribution in [0.15, 0.2) is 70.6 Å². The van der Waals surface area contributed by atoms with E-state index in [4.69, 9.17) is 12.2 Å². The van der Waals surface area contributed by atoms with Crippen LogP contribution in [0.2, 0.25) is 0 Å². The zero-order valence-electron chi connectivity index (χ0n) is 14.1. The minimum absolute atomic E-state index is 0.00587. The Hall–Kier alpha value is -1.76. The molecule has 132 valence electrons. The van der Waals surface area contributed by atoms with Crippen LogP contribution in [0.3, 0.4) is 0 Å². The first-order valence-corrected chi connectivity index (χ1v) is 10.7. The van der Waals surface area contributed by atoms with Crippen LogP contribution in [-0.2, 0) is 11.3 Å². The second kappa shape index (κ2) is 7.86. The summed E-state index contributed by atoms with van der Waals surface area (Å²) in [6.45, 7) is 1.78. The Morgan fingerprint density at radius 3 is 2.42 bits per heavy atom. The van der Waals surface area contributed by atoms with Crippen molar-refractivity contribution in [1.82, 2.24) is 4.90 Å². The zero-order valence-corrected chi connectivity index (χ0v) is 16.6. The van der Waals surface area contributed by atoms with Gasteiger partial charge >= 0.3 is 0 Å². The maximum atomic E-state index is 13.1. The van der Waals surface area contributed by atoms with Crippen LogP contribution in [0.25, 0.3) is 0 Å². The Morgan fingerprint density at radius 2 is 1.69 bits per heavy atom. The standard InChI is InChI=1S/C20H18N2OS3/c23-18-17(26-20(24)22(18)16-10-5-2-6-11-16)19-21(12-7-13-25-19)14-15-8-3-1-4-9-15/h1-6,8-11H,7,12-14H2/b19-17-. The quantitative estimate of drug-likeness (QED) is 0.543. The molecule has 0 N–H and O–H groups in total. The molecule has 2 heterocycles. The maximum absolute atomic E-state index is 13.1. The van der Waals surface area contributed by atoms with Gasteiger partial charge in [-0.25, -0.2) is 0 Å². The average molecular weight is 399 g/mol. The van der Waals surface area contributed by atoms with Crippen LogP contribution >= 0.6 is 35.7 Å². The number of hydrogen-bond donors (Lipinski definition) is 0. The molecule has 0 aliphatic carbocycles. The van der Waals surface area contributed by atoms with E-state index >= 15 is 0 Å². The van der Waals surface area contributed by atoms with E-state index in [1.54, 1.807) is 16.7 Å². The van der Waals surface area contributed by atoms with Crippen LogP contribution < -0.4 is 4.90 Å². The van der Waals surface area contributed by atoms with Gasteiger partial charge in [-0.1, -0.05) is 72.5 Å². The Balaban J connectivity index is 1.65. The van der Waals surface area contributed by atoms with Crippen molar-refractivity contribution in [3.8, 4) is 0 Å². The highest BCUT2D eigenvalue weighted by Gasteiger charge is 2.37. The summed E-state index contributed by atoms with van der Waals surface area (Å²) in [5.41, 5.74) is 2.09. The van der Waals surface area contributed by atoms with E-state index in [0.29, 0.717) is 4.32 Å². The summed E-state index contributed by atoms with van der Waals surface area (Å²) < 4.78 is 0.606. The van der Waals surface area contributed by atoms with Gasteiger partial charge in [0.25, 0.3) is 5.91 Å². The summed E-state index contributed by atoms with van der Waals surface area (Å²) in [5.74, 6) is 1.03. The van der Waals surface area contributed by atoms with Gasteiger partial charge in [0.15, 0.2) is 4.32 Å². The van der Waals surface area contributed by atoms with Gasteiger partial charge in [-0.2, -0.15) is 0 Å². The van der Waals surface area contributed by atoms with Crippen molar-refractivity contribution in [2.75, 3.05) is 17.2 Å². The average Bonchev–Trinajstić information content (AvgIpc) is 2.98. The highest BCUT2D eigenvalue weighted by Crippen LogP contribution is 2.42. The molecule has 0 unspecified atom stereocenters. The molecule has 4 rings (SSSR count). The molecule has 0 spiro atoms. The Labute approximate surface area is 167 Å². The normalized spacial score (nSPS) is 20.8. The molecule has 2 aliphatic rings. The molecule has 0 saturated carbocycles. The van der Waals surface area contributed by atoms with Gasteiger partial charge in [0, 0.05) is 18.8 Å². The second-order valence-electron chi connectivity index (χ2n) is 6.09. The number of carbonyl (C=O) groups is 1. The van der Waals surface area contributed by atoms with Crippen LogP contribution in [0.1, 0.15) is 12.0 Å². The summed E-state index contributed by atoms with van der Waals surface area (Å²) in [5, 5.41) is 1.07. The van der Waals surface area contributed by atoms with Crippen LogP contribution in [-0.4, -0.2) is 27.4 Å². The minimum atomic E-state index is -0.00587. The summed E-state index contributed by atoms with van der Waals surface area (Å²) in [7, 11) is 0. The molecule has 1 amide bonds. The van der Waals surface area contributed by atoms with Crippen molar-refractivity contribution in [2.45, 2.75) is 13.0 Å². The summed E-state index contributed by atoms with van der Waals surface area (Å²) >= 11 is 8.71. The topological polar surface area (TPSA) is 23.6 Å². The largest absolute Gasteiger partial charge is 0.361 e. The van der Waals surface area contributed by atoms with Gasteiger partial charge in [-0.05, 0) is 24.1 Å². The predicted molar refractivity (Wildman–Crippen MR) is 115 cm³/mol. The molecule has 0 aromatic heterocycles. The summed E-state index contributed by atoms with van der Waals surface area (Å²) in [4.78, 5) is 17.9. The molecule has 2 saturated heterocycles. The van der Waals surface area contributed by atoms with Gasteiger partial charge in [0.05, 0.1) is 10.7 Å². The number of amides is 1. The number of hydrogen-bond acceptors (Lipinski definition) is 5. The number of thioether (sulfide) groups is 2. The third kappa shape index (κ3) is 3.54. The van der Waals surface area contributed by atoms with Crippen molar-refractivity contribution >= 4 is 51.7 Å². The molecule has 2 fully saturated rings. The molecule has 3 nitrogen and oxygen atoms in total. The number of para-hydroxylation sites is 1. The Bertz CT molecular complexity index is 852. The van der Waals surface area contributed by atoms with Crippen molar-refractivity contribution in [2.24, 2.45) is 0 Å². The molecule has 26 heavy (non-hydrogen) atoms. The number of anilines is 1. The fraction of sp³-hybridized carbons (Fsp3) is 0.200. The van der Waals surface area contributed by atoms with Crippen LogP contribution in [0.5, 0.6) is 0 Å². The lowest BCUT2D eigenvalue weighted by molar-refractivity contribution is -0.113. The first-order valence-electron chi connectivity index (χ1n) is 8.51. The van der Waals surface area contributed by atoms with Gasteiger partial charge in [0.1, 0.15) is 4.91 Å². The first-order chi connectivity index (χ1) is 12.7. The monoisotopic (exact) mass is 398 g/mol. The van der Waals surface area contributed by atoms with Crippen molar-refractivity contribution < 1.29 is 4.79 Å². The zero-order chi connectivity index (χ0) is 17.9. The summed E-state index contributed by atoms with van der Waals surface area (Å²) in [6.07, 6.45) is 1.12. The molecular formula is C20H18N2OS3. The highest BCUT2D eigenvalue weighted by atomic mass is 32.2. The smallest absolute Gasteiger partial charge is 0.273 e. The minimum Gasteiger partial charge on any atom is -0.361 e. The number of nitrogens with zero attached hydrogens (tertiary/aromatic N) is 2. The second-order valence-corrected chi connectivity index (χ2v) is 8.82. The van der Waals surface area contributed by atoms with E-state index in [9.17, 15) is 4.79 Å². The third-order valence-electron chi connectivity index (χ3n) is 4.29. The molecule has 2 aliphatic heterocycles. The van der Waals surface area contributed by atoms with Gasteiger partial charge in [-0.15, -0.1) is 11.8 Å². The van der Waals surface area contributed by atoms with E-state index in [0.717, 1.165) is 40.9 Å². The van der Waals surface area contributed by atoms with Crippen LogP contribution in [0.4, 0.5) is 5.69 Å². The van der Waals surface area contributed by atoms with E-state index < -0.39 is 0 Å². The molecule has 0 bridgehead atoms. The lowest BCUT2D eigenvalue weighted by Crippen LogP contribution is -2.31. The van der Waals surface area contributed by atoms with Crippen molar-refractivity contribution in [3.63, 3.8) is 0 Å². The third-order valence-corrected chi connectivity index (χ3v) is 7.01. The lowest BCUT2D eigenvalue weighted by Gasteiger charge is -2.32. The molecule has 6 heteroatoms. The van der Waals surface area contributed by atoms with E-state index in [1.165, 1.54) is 17.3 Å². The first kappa shape index (κ1) is 17.6. The molecule has 2 aromatic carbocycles. The van der Waals surface area contributed by atoms with Gasteiger partial charge in [-0.3, -0.25) is 9.69 Å². The molecule has 0 atom stereocenters. The van der Waals surface area contributed by atoms with Crippen LogP contribution in [0, 0.1) is 0 Å². The van der Waals surface area contributed by atoms with Gasteiger partial charge < -0.3 is 4.90 Å². The molecule has 2 aromatic rings. The van der Waals surface area contributed by atoms with E-state index in [2.05, 4.69) is 29.2 Å². The van der Waals surface area contributed by atoms with E-state index in [-0.39, 0.29) is 5.91 Å². The SMILES string of the molecule is O=C1/C(=C2/SCCCN2Cc2ccccc2)SC(=S)N1c1ccccc1. The maximum Gasteiger partial charge on any atom is 0.273 e. The number of carbonyl (C=O) groups excluding carboxylic acids is 1. The number of benzene rings is 2. The van der Waals surface area contributed by atoms with Crippen molar-refractivity contribution in [1.29, 1.82) is 0 Å². The fourth-order valence-corrected chi connectivity index (χ4v) is 5.69. The summed E-state index contributed by atoms with van der Waals surface area (Å²) in [6, 6.07) is 20.1. The Morgan fingerprint density at radius 1 is 1.00 bits per heavy atom. The van der Waals surface area contributed by atoms with Gasteiger partial charge in [0.2, 0.25) is 0 Å². The fourth-order valence-electron chi connectivity index (χ4n) is 3.08. The number of thiocarbonyl (C=S) groups is 1. The lowest BCUT2D eigenvalue weighted by atomic mass is 10.2. The van der Waals surface area contributed by atoms with Crippen molar-refractivity contribution in [3.05, 3.63) is 76.2 Å². The molecular weight excluding hydrogens is 380 g/mol. The molecule has 0 radical (unpaired) electrons. The highest BCUT2D eigenvalue weighted by molar-refractivity contribution is 8.27. The number of rotatable bonds is 3. The Kier molecular flexibility index (Phi) is 5.33. The van der Waals surface area contributed by atoms with E-state index in [1.807, 2.05) is 36.4 Å².